The number of carbonyl (C=O) groups is 1. The molecular weight excluding hydrogens is 192 g/mol. The Morgan fingerprint density at radius 1 is 1.47 bits per heavy atom. The van der Waals surface area contributed by atoms with Gasteiger partial charge < -0.3 is 9.47 Å². The molecule has 0 aromatic heterocycles. The molecule has 1 fully saturated rings. The first kappa shape index (κ1) is 10.0. The van der Waals surface area contributed by atoms with Gasteiger partial charge in [-0.15, -0.1) is 0 Å². The first-order chi connectivity index (χ1) is 7.29. The second-order valence-corrected chi connectivity index (χ2v) is 3.57. The summed E-state index contributed by atoms with van der Waals surface area (Å²) < 4.78 is 10.5. The molecule has 1 aromatic carbocycles. The van der Waals surface area contributed by atoms with Crippen LogP contribution in [0.2, 0.25) is 0 Å². The fourth-order valence-electron chi connectivity index (χ4n) is 1.29. The summed E-state index contributed by atoms with van der Waals surface area (Å²) >= 11 is 0. The van der Waals surface area contributed by atoms with Crippen LogP contribution in [0, 0.1) is 0 Å². The van der Waals surface area contributed by atoms with E-state index in [0.29, 0.717) is 18.3 Å². The number of ether oxygens (including phenoxy) is 2. The van der Waals surface area contributed by atoms with Crippen molar-refractivity contribution >= 4 is 5.97 Å². The molecule has 0 bridgehead atoms. The van der Waals surface area contributed by atoms with E-state index in [1.807, 2.05) is 12.1 Å². The second-order valence-electron chi connectivity index (χ2n) is 3.57. The lowest BCUT2D eigenvalue weighted by Gasteiger charge is -2.06. The molecule has 0 amide bonds. The molecule has 0 radical (unpaired) electrons. The summed E-state index contributed by atoms with van der Waals surface area (Å²) in [4.78, 5) is 11.4. The minimum atomic E-state index is -0.293. The number of rotatable bonds is 4. The van der Waals surface area contributed by atoms with E-state index < -0.39 is 0 Å². The van der Waals surface area contributed by atoms with Crippen LogP contribution in [0.15, 0.2) is 24.3 Å². The van der Waals surface area contributed by atoms with Crippen molar-refractivity contribution in [2.45, 2.75) is 25.9 Å². The highest BCUT2D eigenvalue weighted by atomic mass is 16.5. The van der Waals surface area contributed by atoms with Crippen LogP contribution in [0.3, 0.4) is 0 Å². The van der Waals surface area contributed by atoms with Crippen LogP contribution in [0.5, 0.6) is 5.75 Å². The third-order valence-electron chi connectivity index (χ3n) is 2.17. The third-order valence-corrected chi connectivity index (χ3v) is 2.17. The Kier molecular flexibility index (Phi) is 2.90. The average molecular weight is 206 g/mol. The maximum Gasteiger partial charge on any atom is 0.338 e. The molecule has 1 aliphatic carbocycles. The van der Waals surface area contributed by atoms with Gasteiger partial charge in [-0.05, 0) is 38.0 Å². The molecule has 0 saturated heterocycles. The Morgan fingerprint density at radius 3 is 2.93 bits per heavy atom. The Labute approximate surface area is 89.0 Å². The van der Waals surface area contributed by atoms with Gasteiger partial charge in [-0.1, -0.05) is 6.07 Å². The molecule has 1 aromatic rings. The lowest BCUT2D eigenvalue weighted by Crippen LogP contribution is -2.05. The van der Waals surface area contributed by atoms with Crippen molar-refractivity contribution in [1.29, 1.82) is 0 Å². The zero-order valence-electron chi connectivity index (χ0n) is 8.73. The summed E-state index contributed by atoms with van der Waals surface area (Å²) in [5.41, 5.74) is 0.551. The Bertz CT molecular complexity index is 356. The van der Waals surface area contributed by atoms with Gasteiger partial charge in [0, 0.05) is 0 Å². The Balaban J connectivity index is 2.06. The van der Waals surface area contributed by atoms with Gasteiger partial charge in [0.15, 0.2) is 0 Å². The van der Waals surface area contributed by atoms with Gasteiger partial charge in [-0.3, -0.25) is 0 Å². The van der Waals surface area contributed by atoms with E-state index in [1.165, 1.54) is 0 Å². The standard InChI is InChI=1S/C12H14O3/c1-2-14-12(13)9-4-3-5-11(8-9)15-10-6-7-10/h3-5,8,10H,2,6-7H2,1H3. The van der Waals surface area contributed by atoms with Crippen LogP contribution >= 0.6 is 0 Å². The molecule has 3 heteroatoms. The van der Waals surface area contributed by atoms with Crippen LogP contribution in [0.4, 0.5) is 0 Å². The molecule has 1 aliphatic rings. The molecule has 0 aliphatic heterocycles. The summed E-state index contributed by atoms with van der Waals surface area (Å²) in [6.45, 7) is 2.19. The highest BCUT2D eigenvalue weighted by Gasteiger charge is 2.23. The molecule has 0 spiro atoms. The quantitative estimate of drug-likeness (QED) is 0.709. The van der Waals surface area contributed by atoms with E-state index in [4.69, 9.17) is 9.47 Å². The first-order valence-corrected chi connectivity index (χ1v) is 5.23. The summed E-state index contributed by atoms with van der Waals surface area (Å²) in [5, 5.41) is 0. The fraction of sp³-hybridized carbons (Fsp3) is 0.417. The lowest BCUT2D eigenvalue weighted by atomic mass is 10.2. The van der Waals surface area contributed by atoms with Gasteiger partial charge in [0.1, 0.15) is 5.75 Å². The molecule has 15 heavy (non-hydrogen) atoms. The summed E-state index contributed by atoms with van der Waals surface area (Å²) in [6.07, 6.45) is 2.58. The third kappa shape index (κ3) is 2.72. The molecule has 2 rings (SSSR count). The maximum atomic E-state index is 11.4. The molecule has 0 atom stereocenters. The minimum absolute atomic E-state index is 0.293. The number of hydrogen-bond acceptors (Lipinski definition) is 3. The summed E-state index contributed by atoms with van der Waals surface area (Å²) in [5.74, 6) is 0.460. The van der Waals surface area contributed by atoms with E-state index in [-0.39, 0.29) is 5.97 Å². The van der Waals surface area contributed by atoms with Crippen molar-refractivity contribution in [3.63, 3.8) is 0 Å². The van der Waals surface area contributed by atoms with Crippen LogP contribution in [-0.2, 0) is 4.74 Å². The second kappa shape index (κ2) is 4.34. The van der Waals surface area contributed by atoms with E-state index in [2.05, 4.69) is 0 Å². The number of benzene rings is 1. The average Bonchev–Trinajstić information content (AvgIpc) is 3.03. The normalized spacial score (nSPS) is 14.7. The van der Waals surface area contributed by atoms with Crippen molar-refractivity contribution in [1.82, 2.24) is 0 Å². The van der Waals surface area contributed by atoms with Gasteiger partial charge in [0.25, 0.3) is 0 Å². The molecule has 80 valence electrons. The predicted octanol–water partition coefficient (Wildman–Crippen LogP) is 2.40. The zero-order chi connectivity index (χ0) is 10.7. The van der Waals surface area contributed by atoms with Crippen LogP contribution < -0.4 is 4.74 Å². The molecule has 1 saturated carbocycles. The van der Waals surface area contributed by atoms with Gasteiger partial charge >= 0.3 is 5.97 Å². The minimum Gasteiger partial charge on any atom is -0.490 e. The lowest BCUT2D eigenvalue weighted by molar-refractivity contribution is 0.0526. The van der Waals surface area contributed by atoms with Crippen molar-refractivity contribution in [2.24, 2.45) is 0 Å². The largest absolute Gasteiger partial charge is 0.490 e. The van der Waals surface area contributed by atoms with E-state index in [9.17, 15) is 4.79 Å². The van der Waals surface area contributed by atoms with Gasteiger partial charge in [-0.25, -0.2) is 4.79 Å². The molecule has 0 unspecified atom stereocenters. The van der Waals surface area contributed by atoms with Gasteiger partial charge in [-0.2, -0.15) is 0 Å². The van der Waals surface area contributed by atoms with E-state index in [0.717, 1.165) is 18.6 Å². The monoisotopic (exact) mass is 206 g/mol. The smallest absolute Gasteiger partial charge is 0.338 e. The van der Waals surface area contributed by atoms with Gasteiger partial charge in [0.2, 0.25) is 0 Å². The number of esters is 1. The van der Waals surface area contributed by atoms with Gasteiger partial charge in [0.05, 0.1) is 18.3 Å². The summed E-state index contributed by atoms with van der Waals surface area (Å²) in [7, 11) is 0. The Morgan fingerprint density at radius 2 is 2.27 bits per heavy atom. The zero-order valence-corrected chi connectivity index (χ0v) is 8.73. The molecular formula is C12H14O3. The van der Waals surface area contributed by atoms with E-state index >= 15 is 0 Å². The van der Waals surface area contributed by atoms with Crippen LogP contribution in [-0.4, -0.2) is 18.7 Å². The Hall–Kier alpha value is -1.51. The van der Waals surface area contributed by atoms with Crippen LogP contribution in [0.1, 0.15) is 30.1 Å². The van der Waals surface area contributed by atoms with Crippen LogP contribution in [0.25, 0.3) is 0 Å². The van der Waals surface area contributed by atoms with E-state index in [1.54, 1.807) is 19.1 Å². The van der Waals surface area contributed by atoms with Crippen molar-refractivity contribution in [3.8, 4) is 5.75 Å². The van der Waals surface area contributed by atoms with Crippen molar-refractivity contribution < 1.29 is 14.3 Å². The summed E-state index contributed by atoms with van der Waals surface area (Å²) in [6, 6.07) is 7.14. The first-order valence-electron chi connectivity index (χ1n) is 5.23. The van der Waals surface area contributed by atoms with Crippen molar-refractivity contribution in [3.05, 3.63) is 29.8 Å². The topological polar surface area (TPSA) is 35.5 Å². The maximum absolute atomic E-state index is 11.4. The predicted molar refractivity (Wildman–Crippen MR) is 56.0 cm³/mol. The molecule has 3 nitrogen and oxygen atoms in total. The molecule has 0 heterocycles. The van der Waals surface area contributed by atoms with Crippen molar-refractivity contribution in [2.75, 3.05) is 6.61 Å². The number of carbonyl (C=O) groups excluding carboxylic acids is 1. The SMILES string of the molecule is CCOC(=O)c1cccc(OC2CC2)c1. The highest BCUT2D eigenvalue weighted by Crippen LogP contribution is 2.27. The highest BCUT2D eigenvalue weighted by molar-refractivity contribution is 5.89. The number of hydrogen-bond donors (Lipinski definition) is 0. The molecule has 0 N–H and O–H groups in total. The fourth-order valence-corrected chi connectivity index (χ4v) is 1.29.